The minimum Gasteiger partial charge on any atom is -0.352 e. The van der Waals surface area contributed by atoms with Crippen LogP contribution in [0.5, 0.6) is 0 Å². The van der Waals surface area contributed by atoms with Crippen LogP contribution in [0, 0.1) is 19.7 Å². The summed E-state index contributed by atoms with van der Waals surface area (Å²) in [6.07, 6.45) is 1.63. The van der Waals surface area contributed by atoms with Crippen molar-refractivity contribution in [3.8, 4) is 16.9 Å². The molecule has 0 bridgehead atoms. The summed E-state index contributed by atoms with van der Waals surface area (Å²) in [7, 11) is 0. The van der Waals surface area contributed by atoms with Gasteiger partial charge in [-0.25, -0.2) is 9.07 Å². The van der Waals surface area contributed by atoms with E-state index in [1.54, 1.807) is 41.2 Å². The van der Waals surface area contributed by atoms with Crippen LogP contribution in [0.2, 0.25) is 0 Å². The van der Waals surface area contributed by atoms with Crippen molar-refractivity contribution in [3.05, 3.63) is 101 Å². The van der Waals surface area contributed by atoms with E-state index in [-0.39, 0.29) is 17.6 Å². The van der Waals surface area contributed by atoms with Crippen molar-refractivity contribution < 1.29 is 14.0 Å². The molecule has 2 amide bonds. The SMILES string of the molecule is CCNC(=O)c1ccc(C)c(NC(=O)c2cn(-c3ccc(F)cc3)nc2-c2ccc(C)cc2)c1. The summed E-state index contributed by atoms with van der Waals surface area (Å²) in [5, 5.41) is 10.3. The van der Waals surface area contributed by atoms with Gasteiger partial charge < -0.3 is 10.6 Å². The highest BCUT2D eigenvalue weighted by Gasteiger charge is 2.20. The number of amides is 2. The van der Waals surface area contributed by atoms with E-state index in [0.717, 1.165) is 16.7 Å². The van der Waals surface area contributed by atoms with Gasteiger partial charge in [0.2, 0.25) is 0 Å². The number of carbonyl (C=O) groups is 2. The summed E-state index contributed by atoms with van der Waals surface area (Å²) in [6, 6.07) is 18.8. The van der Waals surface area contributed by atoms with Crippen LogP contribution in [0.25, 0.3) is 16.9 Å². The van der Waals surface area contributed by atoms with Gasteiger partial charge in [0.05, 0.1) is 11.3 Å². The Hall–Kier alpha value is -4.26. The lowest BCUT2D eigenvalue weighted by atomic mass is 10.1. The molecule has 6 nitrogen and oxygen atoms in total. The number of carbonyl (C=O) groups excluding carboxylic acids is 2. The second-order valence-electron chi connectivity index (χ2n) is 8.02. The summed E-state index contributed by atoms with van der Waals surface area (Å²) in [5.74, 6) is -0.919. The van der Waals surface area contributed by atoms with Crippen molar-refractivity contribution in [2.24, 2.45) is 0 Å². The van der Waals surface area contributed by atoms with Crippen molar-refractivity contribution in [2.45, 2.75) is 20.8 Å². The second-order valence-corrected chi connectivity index (χ2v) is 8.02. The number of anilines is 1. The molecule has 0 fully saturated rings. The number of halogens is 1. The average molecular weight is 457 g/mol. The molecule has 0 radical (unpaired) electrons. The van der Waals surface area contributed by atoms with Crippen LogP contribution in [0.3, 0.4) is 0 Å². The molecule has 172 valence electrons. The van der Waals surface area contributed by atoms with Crippen LogP contribution < -0.4 is 10.6 Å². The van der Waals surface area contributed by atoms with E-state index in [1.807, 2.05) is 45.0 Å². The van der Waals surface area contributed by atoms with Gasteiger partial charge in [0.25, 0.3) is 11.8 Å². The van der Waals surface area contributed by atoms with Crippen molar-refractivity contribution in [2.75, 3.05) is 11.9 Å². The molecule has 1 aromatic heterocycles. The van der Waals surface area contributed by atoms with Gasteiger partial charge in [-0.2, -0.15) is 5.10 Å². The fourth-order valence-electron chi connectivity index (χ4n) is 3.54. The van der Waals surface area contributed by atoms with Crippen LogP contribution in [0.15, 0.2) is 72.9 Å². The summed E-state index contributed by atoms with van der Waals surface area (Å²) in [4.78, 5) is 25.7. The molecule has 0 spiro atoms. The van der Waals surface area contributed by atoms with E-state index in [2.05, 4.69) is 15.7 Å². The van der Waals surface area contributed by atoms with Crippen LogP contribution in [-0.4, -0.2) is 28.1 Å². The lowest BCUT2D eigenvalue weighted by Gasteiger charge is -2.11. The van der Waals surface area contributed by atoms with Crippen molar-refractivity contribution in [3.63, 3.8) is 0 Å². The van der Waals surface area contributed by atoms with Gasteiger partial charge in [-0.1, -0.05) is 35.9 Å². The van der Waals surface area contributed by atoms with E-state index >= 15 is 0 Å². The molecule has 0 aliphatic rings. The maximum Gasteiger partial charge on any atom is 0.259 e. The zero-order chi connectivity index (χ0) is 24.2. The standard InChI is InChI=1S/C27H25FN4O2/c1-4-29-26(33)20-10-7-18(3)24(15-20)30-27(34)23-16-32(22-13-11-21(28)12-14-22)31-25(23)19-8-5-17(2)6-9-19/h5-16H,4H2,1-3H3,(H,29,33)(H,30,34). The molecule has 4 aromatic rings. The predicted molar refractivity (Wildman–Crippen MR) is 131 cm³/mol. The number of benzene rings is 3. The Morgan fingerprint density at radius 2 is 1.65 bits per heavy atom. The molecule has 4 rings (SSSR count). The normalized spacial score (nSPS) is 10.7. The fourth-order valence-corrected chi connectivity index (χ4v) is 3.54. The zero-order valence-corrected chi connectivity index (χ0v) is 19.2. The smallest absolute Gasteiger partial charge is 0.259 e. The first kappa shape index (κ1) is 22.9. The molecule has 0 saturated carbocycles. The van der Waals surface area contributed by atoms with E-state index < -0.39 is 0 Å². The minimum absolute atomic E-state index is 0.206. The Kier molecular flexibility index (Phi) is 6.54. The molecule has 3 aromatic carbocycles. The van der Waals surface area contributed by atoms with E-state index in [9.17, 15) is 14.0 Å². The molecule has 7 heteroatoms. The fraction of sp³-hybridized carbons (Fsp3) is 0.148. The van der Waals surface area contributed by atoms with Crippen molar-refractivity contribution in [1.82, 2.24) is 15.1 Å². The first-order chi connectivity index (χ1) is 16.4. The number of hydrogen-bond acceptors (Lipinski definition) is 3. The summed E-state index contributed by atoms with van der Waals surface area (Å²) >= 11 is 0. The van der Waals surface area contributed by atoms with Crippen LogP contribution in [0.4, 0.5) is 10.1 Å². The number of hydrogen-bond donors (Lipinski definition) is 2. The molecule has 0 atom stereocenters. The summed E-state index contributed by atoms with van der Waals surface area (Å²) in [5.41, 5.74) is 5.18. The lowest BCUT2D eigenvalue weighted by Crippen LogP contribution is -2.23. The van der Waals surface area contributed by atoms with E-state index in [0.29, 0.717) is 34.7 Å². The maximum absolute atomic E-state index is 13.4. The number of nitrogens with zero attached hydrogens (tertiary/aromatic N) is 2. The number of aryl methyl sites for hydroxylation is 2. The van der Waals surface area contributed by atoms with Gasteiger partial charge in [-0.05, 0) is 62.7 Å². The number of nitrogens with one attached hydrogen (secondary N) is 2. The molecular formula is C27H25FN4O2. The van der Waals surface area contributed by atoms with Gasteiger partial charge >= 0.3 is 0 Å². The van der Waals surface area contributed by atoms with Crippen LogP contribution in [-0.2, 0) is 0 Å². The molecule has 0 aliphatic heterocycles. The Labute approximate surface area is 197 Å². The third kappa shape index (κ3) is 4.88. The first-order valence-corrected chi connectivity index (χ1v) is 11.0. The summed E-state index contributed by atoms with van der Waals surface area (Å²) in [6.45, 7) is 6.20. The van der Waals surface area contributed by atoms with Gasteiger partial charge in [0, 0.05) is 29.6 Å². The predicted octanol–water partition coefficient (Wildman–Crippen LogP) is 5.30. The molecule has 2 N–H and O–H groups in total. The molecule has 0 saturated heterocycles. The van der Waals surface area contributed by atoms with Gasteiger partial charge in [-0.15, -0.1) is 0 Å². The topological polar surface area (TPSA) is 76.0 Å². The van der Waals surface area contributed by atoms with Gasteiger partial charge in [0.15, 0.2) is 0 Å². The third-order valence-corrected chi connectivity index (χ3v) is 5.46. The van der Waals surface area contributed by atoms with Crippen LogP contribution >= 0.6 is 0 Å². The molecule has 0 aliphatic carbocycles. The maximum atomic E-state index is 13.4. The van der Waals surface area contributed by atoms with Crippen LogP contribution in [0.1, 0.15) is 38.8 Å². The molecule has 34 heavy (non-hydrogen) atoms. The number of rotatable bonds is 6. The average Bonchev–Trinajstić information content (AvgIpc) is 3.27. The second kappa shape index (κ2) is 9.70. The monoisotopic (exact) mass is 456 g/mol. The van der Waals surface area contributed by atoms with Crippen molar-refractivity contribution in [1.29, 1.82) is 0 Å². The minimum atomic E-state index is -0.361. The van der Waals surface area contributed by atoms with Crippen molar-refractivity contribution >= 4 is 17.5 Å². The van der Waals surface area contributed by atoms with Gasteiger partial charge in [0.1, 0.15) is 11.5 Å². The highest BCUT2D eigenvalue weighted by Crippen LogP contribution is 2.26. The highest BCUT2D eigenvalue weighted by atomic mass is 19.1. The number of aromatic nitrogens is 2. The third-order valence-electron chi connectivity index (χ3n) is 5.46. The largest absolute Gasteiger partial charge is 0.352 e. The molecular weight excluding hydrogens is 431 g/mol. The quantitative estimate of drug-likeness (QED) is 0.414. The highest BCUT2D eigenvalue weighted by molar-refractivity contribution is 6.09. The Bertz CT molecular complexity index is 1340. The molecule has 1 heterocycles. The van der Waals surface area contributed by atoms with Gasteiger partial charge in [-0.3, -0.25) is 9.59 Å². The Morgan fingerprint density at radius 3 is 2.32 bits per heavy atom. The van der Waals surface area contributed by atoms with E-state index in [1.165, 1.54) is 12.1 Å². The Morgan fingerprint density at radius 1 is 0.941 bits per heavy atom. The molecule has 0 unspecified atom stereocenters. The Balaban J connectivity index is 1.73. The zero-order valence-electron chi connectivity index (χ0n) is 19.2. The lowest BCUT2D eigenvalue weighted by molar-refractivity contribution is 0.0954. The van der Waals surface area contributed by atoms with E-state index in [4.69, 9.17) is 0 Å². The summed E-state index contributed by atoms with van der Waals surface area (Å²) < 4.78 is 15.0. The first-order valence-electron chi connectivity index (χ1n) is 11.0.